The zero-order valence-corrected chi connectivity index (χ0v) is 11.3. The van der Waals surface area contributed by atoms with E-state index >= 15 is 0 Å². The van der Waals surface area contributed by atoms with Crippen LogP contribution in [0.25, 0.3) is 0 Å². The van der Waals surface area contributed by atoms with Crippen LogP contribution in [0, 0.1) is 5.41 Å². The summed E-state index contributed by atoms with van der Waals surface area (Å²) in [5.41, 5.74) is 0.0728. The molecule has 0 bridgehead atoms. The number of aliphatic imine (C=N–C) groups is 1. The molecule has 0 aromatic rings. The third-order valence-corrected chi connectivity index (χ3v) is 3.05. The quantitative estimate of drug-likeness (QED) is 0.691. The minimum absolute atomic E-state index is 0.0364. The van der Waals surface area contributed by atoms with Gasteiger partial charge in [-0.05, 0) is 41.5 Å². The van der Waals surface area contributed by atoms with Gasteiger partial charge in [-0.2, -0.15) is 0 Å². The number of amidine groups is 2. The molecular formula is C11H21N3S. The lowest BCUT2D eigenvalue weighted by Crippen LogP contribution is -2.54. The fourth-order valence-corrected chi connectivity index (χ4v) is 3.19. The lowest BCUT2D eigenvalue weighted by molar-refractivity contribution is 0.128. The van der Waals surface area contributed by atoms with Gasteiger partial charge in [0.2, 0.25) is 0 Å². The summed E-state index contributed by atoms with van der Waals surface area (Å²) in [6, 6.07) is 0. The van der Waals surface area contributed by atoms with E-state index in [1.54, 1.807) is 11.8 Å². The van der Waals surface area contributed by atoms with Gasteiger partial charge in [0, 0.05) is 11.1 Å². The van der Waals surface area contributed by atoms with Crippen molar-refractivity contribution in [3.05, 3.63) is 0 Å². The third kappa shape index (κ3) is 2.97. The first kappa shape index (κ1) is 12.6. The molecular weight excluding hydrogens is 206 g/mol. The molecule has 0 saturated carbocycles. The first-order valence-corrected chi connectivity index (χ1v) is 6.20. The van der Waals surface area contributed by atoms with E-state index in [1.807, 2.05) is 0 Å². The van der Waals surface area contributed by atoms with Crippen molar-refractivity contribution in [2.45, 2.75) is 52.6 Å². The Labute approximate surface area is 96.8 Å². The molecule has 0 fully saturated rings. The molecule has 86 valence electrons. The van der Waals surface area contributed by atoms with Crippen molar-refractivity contribution in [2.75, 3.05) is 5.75 Å². The summed E-state index contributed by atoms with van der Waals surface area (Å²) in [6.07, 6.45) is 0. The normalized spacial score (nSPS) is 18.0. The van der Waals surface area contributed by atoms with Crippen molar-refractivity contribution >= 4 is 22.8 Å². The highest BCUT2D eigenvalue weighted by Crippen LogP contribution is 2.31. The monoisotopic (exact) mass is 227 g/mol. The smallest absolute Gasteiger partial charge is 0.167 e. The number of rotatable bonds is 0. The SMILES string of the molecule is CC(C)(C)N(C1=NC(=N)CS1)C(C)(C)C. The van der Waals surface area contributed by atoms with Crippen LogP contribution in [0.1, 0.15) is 41.5 Å². The van der Waals surface area contributed by atoms with Crippen LogP contribution in [0.5, 0.6) is 0 Å². The Balaban J connectivity index is 3.03. The number of thioether (sulfide) groups is 1. The van der Waals surface area contributed by atoms with Gasteiger partial charge in [-0.1, -0.05) is 11.8 Å². The maximum absolute atomic E-state index is 7.55. The standard InChI is InChI=1S/C11H21N3S/c1-10(2,3)14(11(4,5)6)9-13-8(12)7-15-9/h12H,7H2,1-6H3. The Bertz CT molecular complexity index is 280. The lowest BCUT2D eigenvalue weighted by Gasteiger charge is -2.46. The summed E-state index contributed by atoms with van der Waals surface area (Å²) in [6.45, 7) is 13.1. The van der Waals surface area contributed by atoms with Gasteiger partial charge in [0.15, 0.2) is 5.17 Å². The molecule has 0 aromatic carbocycles. The Morgan fingerprint density at radius 1 is 1.13 bits per heavy atom. The van der Waals surface area contributed by atoms with Crippen LogP contribution in [0.15, 0.2) is 4.99 Å². The molecule has 0 spiro atoms. The average molecular weight is 227 g/mol. The highest BCUT2D eigenvalue weighted by molar-refractivity contribution is 8.14. The first-order chi connectivity index (χ1) is 6.62. The molecule has 0 aromatic heterocycles. The molecule has 1 rings (SSSR count). The zero-order chi connectivity index (χ0) is 11.9. The van der Waals surface area contributed by atoms with Gasteiger partial charge in [0.05, 0.1) is 5.75 Å². The molecule has 15 heavy (non-hydrogen) atoms. The number of nitrogens with one attached hydrogen (secondary N) is 1. The van der Waals surface area contributed by atoms with Gasteiger partial charge in [-0.25, -0.2) is 4.99 Å². The minimum Gasteiger partial charge on any atom is -0.341 e. The van der Waals surface area contributed by atoms with Crippen LogP contribution in [0.3, 0.4) is 0 Å². The molecule has 3 nitrogen and oxygen atoms in total. The Kier molecular flexibility index (Phi) is 3.19. The highest BCUT2D eigenvalue weighted by Gasteiger charge is 2.36. The lowest BCUT2D eigenvalue weighted by atomic mass is 9.97. The molecule has 4 heteroatoms. The van der Waals surface area contributed by atoms with E-state index in [9.17, 15) is 0 Å². The highest BCUT2D eigenvalue weighted by atomic mass is 32.2. The zero-order valence-electron chi connectivity index (χ0n) is 10.5. The Hall–Kier alpha value is -0.510. The topological polar surface area (TPSA) is 39.5 Å². The first-order valence-electron chi connectivity index (χ1n) is 5.21. The summed E-state index contributed by atoms with van der Waals surface area (Å²) in [5.74, 6) is 1.19. The molecule has 1 aliphatic rings. The van der Waals surface area contributed by atoms with E-state index in [0.717, 1.165) is 5.17 Å². The largest absolute Gasteiger partial charge is 0.341 e. The summed E-state index contributed by atoms with van der Waals surface area (Å²) < 4.78 is 0. The predicted molar refractivity (Wildman–Crippen MR) is 69.0 cm³/mol. The summed E-state index contributed by atoms with van der Waals surface area (Å²) in [5, 5.41) is 8.53. The maximum Gasteiger partial charge on any atom is 0.167 e. The minimum atomic E-state index is 0.0364. The van der Waals surface area contributed by atoms with Crippen LogP contribution < -0.4 is 0 Å². The second kappa shape index (κ2) is 3.81. The Morgan fingerprint density at radius 2 is 1.60 bits per heavy atom. The van der Waals surface area contributed by atoms with E-state index in [4.69, 9.17) is 5.41 Å². The van der Waals surface area contributed by atoms with Crippen molar-refractivity contribution in [3.63, 3.8) is 0 Å². The van der Waals surface area contributed by atoms with Gasteiger partial charge < -0.3 is 4.90 Å². The molecule has 1 heterocycles. The molecule has 0 saturated heterocycles. The number of hydrogen-bond acceptors (Lipinski definition) is 3. The van der Waals surface area contributed by atoms with Crippen molar-refractivity contribution < 1.29 is 0 Å². The second-order valence-corrected chi connectivity index (χ2v) is 6.75. The van der Waals surface area contributed by atoms with Crippen molar-refractivity contribution in [1.82, 2.24) is 4.90 Å². The molecule has 0 amide bonds. The van der Waals surface area contributed by atoms with E-state index < -0.39 is 0 Å². The molecule has 0 atom stereocenters. The summed E-state index contributed by atoms with van der Waals surface area (Å²) >= 11 is 1.66. The van der Waals surface area contributed by atoms with Gasteiger partial charge in [0.1, 0.15) is 5.84 Å². The van der Waals surface area contributed by atoms with Crippen LogP contribution in [-0.2, 0) is 0 Å². The molecule has 1 N–H and O–H groups in total. The summed E-state index contributed by atoms with van der Waals surface area (Å²) in [4.78, 5) is 6.61. The van der Waals surface area contributed by atoms with E-state index in [0.29, 0.717) is 11.6 Å². The fourth-order valence-electron chi connectivity index (χ4n) is 2.01. The van der Waals surface area contributed by atoms with Gasteiger partial charge >= 0.3 is 0 Å². The van der Waals surface area contributed by atoms with Crippen molar-refractivity contribution in [2.24, 2.45) is 4.99 Å². The summed E-state index contributed by atoms with van der Waals surface area (Å²) in [7, 11) is 0. The predicted octanol–water partition coefficient (Wildman–Crippen LogP) is 2.97. The van der Waals surface area contributed by atoms with Crippen molar-refractivity contribution in [1.29, 1.82) is 5.41 Å². The van der Waals surface area contributed by atoms with Gasteiger partial charge in [0.25, 0.3) is 0 Å². The number of nitrogens with zero attached hydrogens (tertiary/aromatic N) is 2. The van der Waals surface area contributed by atoms with Crippen LogP contribution in [0.2, 0.25) is 0 Å². The van der Waals surface area contributed by atoms with Gasteiger partial charge in [-0.3, -0.25) is 5.41 Å². The van der Waals surface area contributed by atoms with Crippen molar-refractivity contribution in [3.8, 4) is 0 Å². The van der Waals surface area contributed by atoms with Crippen LogP contribution in [-0.4, -0.2) is 32.7 Å². The number of hydrogen-bond donors (Lipinski definition) is 1. The van der Waals surface area contributed by atoms with Crippen LogP contribution >= 0.6 is 11.8 Å². The molecule has 0 unspecified atom stereocenters. The fraction of sp³-hybridized carbons (Fsp3) is 0.818. The third-order valence-electron chi connectivity index (χ3n) is 2.10. The van der Waals surface area contributed by atoms with E-state index in [2.05, 4.69) is 51.4 Å². The maximum atomic E-state index is 7.55. The van der Waals surface area contributed by atoms with E-state index in [1.165, 1.54) is 0 Å². The van der Waals surface area contributed by atoms with Crippen LogP contribution in [0.4, 0.5) is 0 Å². The van der Waals surface area contributed by atoms with Gasteiger partial charge in [-0.15, -0.1) is 0 Å². The molecule has 0 aliphatic carbocycles. The average Bonchev–Trinajstić information content (AvgIpc) is 2.28. The molecule has 0 radical (unpaired) electrons. The van der Waals surface area contributed by atoms with E-state index in [-0.39, 0.29) is 11.1 Å². The second-order valence-electron chi connectivity index (χ2n) is 5.81. The molecule has 1 aliphatic heterocycles. The Morgan fingerprint density at radius 3 is 1.87 bits per heavy atom.